The molecule has 2 fully saturated rings. The van der Waals surface area contributed by atoms with Gasteiger partial charge >= 0.3 is 0 Å². The highest BCUT2D eigenvalue weighted by Crippen LogP contribution is 2.42. The molecule has 0 radical (unpaired) electrons. The molecule has 1 N–H and O–H groups in total. The van der Waals surface area contributed by atoms with Crippen LogP contribution in [-0.4, -0.2) is 69.2 Å². The molecule has 2 heterocycles. The fraction of sp³-hybridized carbons (Fsp3) is 0.667. The zero-order valence-corrected chi connectivity index (χ0v) is 17.1. The zero-order chi connectivity index (χ0) is 19.4. The number of methoxy groups -OCH3 is 1. The summed E-state index contributed by atoms with van der Waals surface area (Å²) in [5, 5.41) is 3.44. The monoisotopic (exact) mass is 375 g/mol. The first-order valence-corrected chi connectivity index (χ1v) is 9.94. The molecule has 3 rings (SSSR count). The maximum absolute atomic E-state index is 13.2. The Labute approximate surface area is 162 Å². The van der Waals surface area contributed by atoms with E-state index in [1.54, 1.807) is 7.11 Å². The number of ether oxygens (including phenoxy) is 2. The van der Waals surface area contributed by atoms with Crippen LogP contribution in [0.3, 0.4) is 0 Å². The Morgan fingerprint density at radius 2 is 2.11 bits per heavy atom. The minimum atomic E-state index is -0.0331. The summed E-state index contributed by atoms with van der Waals surface area (Å²) in [6.45, 7) is 6.18. The SMILES string of the molecule is CCOc1c(CN(C)C(=O)[C@H]2CC3(CCNCC3)CN2C)cccc1OC. The van der Waals surface area contributed by atoms with Crippen LogP contribution in [0.25, 0.3) is 0 Å². The fourth-order valence-corrected chi connectivity index (χ4v) is 4.61. The van der Waals surface area contributed by atoms with Crippen LogP contribution in [0.5, 0.6) is 11.5 Å². The van der Waals surface area contributed by atoms with Gasteiger partial charge in [-0.25, -0.2) is 0 Å². The van der Waals surface area contributed by atoms with Crippen LogP contribution in [-0.2, 0) is 11.3 Å². The number of para-hydroxylation sites is 1. The van der Waals surface area contributed by atoms with Gasteiger partial charge < -0.3 is 19.7 Å². The maximum Gasteiger partial charge on any atom is 0.239 e. The third-order valence-corrected chi connectivity index (χ3v) is 6.05. The topological polar surface area (TPSA) is 54.0 Å². The van der Waals surface area contributed by atoms with E-state index in [0.29, 0.717) is 24.3 Å². The molecule has 2 aliphatic heterocycles. The fourth-order valence-electron chi connectivity index (χ4n) is 4.61. The summed E-state index contributed by atoms with van der Waals surface area (Å²) < 4.78 is 11.2. The van der Waals surface area contributed by atoms with Crippen LogP contribution in [0, 0.1) is 5.41 Å². The lowest BCUT2D eigenvalue weighted by Crippen LogP contribution is -2.42. The first-order valence-electron chi connectivity index (χ1n) is 9.94. The van der Waals surface area contributed by atoms with Gasteiger partial charge in [0.2, 0.25) is 5.91 Å². The third-order valence-electron chi connectivity index (χ3n) is 6.05. The van der Waals surface area contributed by atoms with E-state index in [1.807, 2.05) is 37.1 Å². The first kappa shape index (κ1) is 20.0. The van der Waals surface area contributed by atoms with Crippen LogP contribution in [0.1, 0.15) is 31.7 Å². The summed E-state index contributed by atoms with van der Waals surface area (Å²) in [7, 11) is 5.62. The van der Waals surface area contributed by atoms with Crippen LogP contribution >= 0.6 is 0 Å². The van der Waals surface area contributed by atoms with Crippen molar-refractivity contribution in [1.82, 2.24) is 15.1 Å². The second kappa shape index (κ2) is 8.48. The number of likely N-dealkylation sites (N-methyl/N-ethyl adjacent to an activating group) is 2. The average molecular weight is 376 g/mol. The molecule has 1 amide bonds. The van der Waals surface area contributed by atoms with Crippen LogP contribution in [0.4, 0.5) is 0 Å². The van der Waals surface area contributed by atoms with Crippen molar-refractivity contribution < 1.29 is 14.3 Å². The van der Waals surface area contributed by atoms with Gasteiger partial charge in [-0.3, -0.25) is 9.69 Å². The number of piperidine rings is 1. The van der Waals surface area contributed by atoms with Crippen molar-refractivity contribution in [1.29, 1.82) is 0 Å². The molecule has 1 aromatic rings. The van der Waals surface area contributed by atoms with E-state index in [2.05, 4.69) is 17.3 Å². The van der Waals surface area contributed by atoms with E-state index in [0.717, 1.165) is 50.2 Å². The number of carbonyl (C=O) groups is 1. The minimum Gasteiger partial charge on any atom is -0.493 e. The highest BCUT2D eigenvalue weighted by Gasteiger charge is 2.46. The second-order valence-electron chi connectivity index (χ2n) is 7.96. The van der Waals surface area contributed by atoms with Crippen molar-refractivity contribution >= 4 is 5.91 Å². The number of hydrogen-bond donors (Lipinski definition) is 1. The molecule has 2 aliphatic rings. The molecule has 0 bridgehead atoms. The van der Waals surface area contributed by atoms with Gasteiger partial charge in [0.25, 0.3) is 0 Å². The number of nitrogens with zero attached hydrogens (tertiary/aromatic N) is 2. The average Bonchev–Trinajstić information content (AvgIpc) is 2.98. The number of likely N-dealkylation sites (tertiary alicyclic amines) is 1. The van der Waals surface area contributed by atoms with Gasteiger partial charge in [-0.2, -0.15) is 0 Å². The zero-order valence-electron chi connectivity index (χ0n) is 17.1. The molecule has 0 unspecified atom stereocenters. The summed E-state index contributed by atoms with van der Waals surface area (Å²) >= 11 is 0. The largest absolute Gasteiger partial charge is 0.493 e. The minimum absolute atomic E-state index is 0.0331. The lowest BCUT2D eigenvalue weighted by molar-refractivity contribution is -0.134. The number of benzene rings is 1. The number of rotatable bonds is 6. The predicted molar refractivity (Wildman–Crippen MR) is 106 cm³/mol. The highest BCUT2D eigenvalue weighted by atomic mass is 16.5. The predicted octanol–water partition coefficient (Wildman–Crippen LogP) is 2.13. The third kappa shape index (κ3) is 4.22. The molecule has 1 aromatic carbocycles. The summed E-state index contributed by atoms with van der Waals surface area (Å²) in [5.41, 5.74) is 1.28. The summed E-state index contributed by atoms with van der Waals surface area (Å²) in [5.74, 6) is 1.64. The lowest BCUT2D eigenvalue weighted by atomic mass is 9.77. The van der Waals surface area contributed by atoms with Gasteiger partial charge in [-0.15, -0.1) is 0 Å². The Morgan fingerprint density at radius 3 is 2.78 bits per heavy atom. The first-order chi connectivity index (χ1) is 13.0. The van der Waals surface area contributed by atoms with Crippen molar-refractivity contribution in [3.05, 3.63) is 23.8 Å². The lowest BCUT2D eigenvalue weighted by Gasteiger charge is -2.33. The van der Waals surface area contributed by atoms with Crippen molar-refractivity contribution in [2.45, 2.75) is 38.8 Å². The van der Waals surface area contributed by atoms with E-state index in [9.17, 15) is 4.79 Å². The molecule has 0 aliphatic carbocycles. The molecular weight excluding hydrogens is 342 g/mol. The van der Waals surface area contributed by atoms with E-state index in [4.69, 9.17) is 9.47 Å². The van der Waals surface area contributed by atoms with Crippen molar-refractivity contribution in [3.8, 4) is 11.5 Å². The number of amides is 1. The Kier molecular flexibility index (Phi) is 6.27. The molecular formula is C21H33N3O3. The quantitative estimate of drug-likeness (QED) is 0.826. The van der Waals surface area contributed by atoms with Gasteiger partial charge in [-0.1, -0.05) is 12.1 Å². The van der Waals surface area contributed by atoms with Crippen LogP contribution in [0.15, 0.2) is 18.2 Å². The van der Waals surface area contributed by atoms with Crippen LogP contribution in [0.2, 0.25) is 0 Å². The normalized spacial score (nSPS) is 22.0. The molecule has 2 saturated heterocycles. The Bertz CT molecular complexity index is 658. The van der Waals surface area contributed by atoms with Crippen LogP contribution < -0.4 is 14.8 Å². The van der Waals surface area contributed by atoms with Crippen molar-refractivity contribution in [3.63, 3.8) is 0 Å². The molecule has 1 atom stereocenters. The maximum atomic E-state index is 13.2. The molecule has 6 nitrogen and oxygen atoms in total. The van der Waals surface area contributed by atoms with Crippen molar-refractivity contribution in [2.75, 3.05) is 47.4 Å². The Hall–Kier alpha value is -1.79. The van der Waals surface area contributed by atoms with Gasteiger partial charge in [0, 0.05) is 25.7 Å². The molecule has 6 heteroatoms. The number of nitrogens with one attached hydrogen (secondary N) is 1. The van der Waals surface area contributed by atoms with Crippen molar-refractivity contribution in [2.24, 2.45) is 5.41 Å². The van der Waals surface area contributed by atoms with E-state index >= 15 is 0 Å². The molecule has 150 valence electrons. The highest BCUT2D eigenvalue weighted by molar-refractivity contribution is 5.82. The number of carbonyl (C=O) groups excluding carboxylic acids is 1. The van der Waals surface area contributed by atoms with Gasteiger partial charge in [0.05, 0.1) is 19.8 Å². The molecule has 0 saturated carbocycles. The van der Waals surface area contributed by atoms with Gasteiger partial charge in [0.1, 0.15) is 0 Å². The molecule has 27 heavy (non-hydrogen) atoms. The summed E-state index contributed by atoms with van der Waals surface area (Å²) in [6.07, 6.45) is 3.29. The molecule has 0 aromatic heterocycles. The van der Waals surface area contributed by atoms with Gasteiger partial charge in [0.15, 0.2) is 11.5 Å². The number of hydrogen-bond acceptors (Lipinski definition) is 5. The Balaban J connectivity index is 1.71. The molecule has 1 spiro atoms. The smallest absolute Gasteiger partial charge is 0.239 e. The van der Waals surface area contributed by atoms with E-state index in [-0.39, 0.29) is 11.9 Å². The summed E-state index contributed by atoms with van der Waals surface area (Å²) in [4.78, 5) is 17.3. The Morgan fingerprint density at radius 1 is 1.37 bits per heavy atom. The van der Waals surface area contributed by atoms with E-state index < -0.39 is 0 Å². The second-order valence-corrected chi connectivity index (χ2v) is 7.96. The van der Waals surface area contributed by atoms with E-state index in [1.165, 1.54) is 0 Å². The van der Waals surface area contributed by atoms with Gasteiger partial charge in [-0.05, 0) is 57.8 Å². The standard InChI is InChI=1S/C21H33N3O3/c1-5-27-19-16(7-6-8-18(19)26-4)14-23(2)20(25)17-13-21(15-24(17)3)9-11-22-12-10-21/h6-8,17,22H,5,9-15H2,1-4H3/t17-/m1/s1. The summed E-state index contributed by atoms with van der Waals surface area (Å²) in [6, 6.07) is 5.81.